The normalized spacial score (nSPS) is 13.2. The first-order chi connectivity index (χ1) is 11.2. The summed E-state index contributed by atoms with van der Waals surface area (Å²) in [4.78, 5) is 27.1. The number of rotatable bonds is 4. The fourth-order valence-electron chi connectivity index (χ4n) is 2.53. The molecule has 5 heteroatoms. The molecule has 118 valence electrons. The highest BCUT2D eigenvalue weighted by Crippen LogP contribution is 2.32. The van der Waals surface area contributed by atoms with E-state index in [4.69, 9.17) is 0 Å². The van der Waals surface area contributed by atoms with Crippen molar-refractivity contribution in [1.29, 1.82) is 0 Å². The third-order valence-electron chi connectivity index (χ3n) is 3.74. The van der Waals surface area contributed by atoms with Gasteiger partial charge in [-0.15, -0.1) is 11.8 Å². The summed E-state index contributed by atoms with van der Waals surface area (Å²) in [5.74, 6) is 0.378. The molecule has 0 atom stereocenters. The lowest BCUT2D eigenvalue weighted by Gasteiger charge is -2.22. The van der Waals surface area contributed by atoms with Crippen LogP contribution in [0.2, 0.25) is 0 Å². The van der Waals surface area contributed by atoms with Crippen molar-refractivity contribution in [1.82, 2.24) is 4.90 Å². The predicted octanol–water partition coefficient (Wildman–Crippen LogP) is 3.39. The first-order valence-corrected chi connectivity index (χ1v) is 8.56. The molecular weight excluding hydrogens is 308 g/mol. The van der Waals surface area contributed by atoms with Crippen LogP contribution in [-0.2, 0) is 11.3 Å². The zero-order valence-electron chi connectivity index (χ0n) is 12.9. The molecule has 1 heterocycles. The van der Waals surface area contributed by atoms with Crippen LogP contribution in [0.3, 0.4) is 0 Å². The summed E-state index contributed by atoms with van der Waals surface area (Å²) in [5.41, 5.74) is 2.43. The molecule has 0 unspecified atom stereocenters. The topological polar surface area (TPSA) is 49.4 Å². The number of nitrogens with zero attached hydrogens (tertiary/aromatic N) is 1. The second-order valence-electron chi connectivity index (χ2n) is 5.35. The minimum atomic E-state index is -0.0243. The van der Waals surface area contributed by atoms with Crippen molar-refractivity contribution in [3.05, 3.63) is 59.7 Å². The highest BCUT2D eigenvalue weighted by molar-refractivity contribution is 8.00. The molecule has 0 saturated carbocycles. The van der Waals surface area contributed by atoms with Gasteiger partial charge in [-0.2, -0.15) is 0 Å². The number of hydrogen-bond acceptors (Lipinski definition) is 3. The second-order valence-corrected chi connectivity index (χ2v) is 6.37. The Bertz CT molecular complexity index is 731. The van der Waals surface area contributed by atoms with Gasteiger partial charge < -0.3 is 10.2 Å². The van der Waals surface area contributed by atoms with Gasteiger partial charge in [0.1, 0.15) is 0 Å². The van der Waals surface area contributed by atoms with Gasteiger partial charge in [0.2, 0.25) is 5.91 Å². The van der Waals surface area contributed by atoms with E-state index in [2.05, 4.69) is 5.32 Å². The molecule has 3 rings (SSSR count). The average Bonchev–Trinajstić information content (AvgIpc) is 2.59. The van der Waals surface area contributed by atoms with Gasteiger partial charge in [-0.3, -0.25) is 9.59 Å². The van der Waals surface area contributed by atoms with E-state index in [1.807, 2.05) is 49.4 Å². The third-order valence-corrected chi connectivity index (χ3v) is 4.82. The van der Waals surface area contributed by atoms with Gasteiger partial charge in [-0.05, 0) is 30.7 Å². The van der Waals surface area contributed by atoms with Gasteiger partial charge in [0.05, 0.1) is 11.4 Å². The maximum absolute atomic E-state index is 12.8. The number of hydrogen-bond donors (Lipinski definition) is 1. The highest BCUT2D eigenvalue weighted by atomic mass is 32.2. The van der Waals surface area contributed by atoms with Gasteiger partial charge in [0, 0.05) is 23.5 Å². The molecule has 4 nitrogen and oxygen atoms in total. The van der Waals surface area contributed by atoms with Crippen LogP contribution < -0.4 is 5.32 Å². The Morgan fingerprint density at radius 1 is 1.22 bits per heavy atom. The maximum Gasteiger partial charge on any atom is 0.254 e. The van der Waals surface area contributed by atoms with Gasteiger partial charge in [-0.1, -0.05) is 30.3 Å². The van der Waals surface area contributed by atoms with Crippen molar-refractivity contribution in [3.63, 3.8) is 0 Å². The number of thioether (sulfide) groups is 1. The van der Waals surface area contributed by atoms with Crippen molar-refractivity contribution in [2.24, 2.45) is 0 Å². The first-order valence-electron chi connectivity index (χ1n) is 7.57. The van der Waals surface area contributed by atoms with Gasteiger partial charge in [0.25, 0.3) is 5.91 Å². The third kappa shape index (κ3) is 3.56. The lowest BCUT2D eigenvalue weighted by atomic mass is 10.1. The predicted molar refractivity (Wildman–Crippen MR) is 92.7 cm³/mol. The fourth-order valence-corrected chi connectivity index (χ4v) is 3.32. The van der Waals surface area contributed by atoms with E-state index in [9.17, 15) is 9.59 Å². The van der Waals surface area contributed by atoms with Crippen LogP contribution in [0, 0.1) is 0 Å². The van der Waals surface area contributed by atoms with Crippen LogP contribution >= 0.6 is 11.8 Å². The van der Waals surface area contributed by atoms with Crippen LogP contribution in [0.15, 0.2) is 53.4 Å². The van der Waals surface area contributed by atoms with Crippen LogP contribution in [0.4, 0.5) is 5.69 Å². The minimum absolute atomic E-state index is 0.0241. The Kier molecular flexibility index (Phi) is 4.67. The molecular formula is C18H18N2O2S. The Balaban J connectivity index is 1.81. The quantitative estimate of drug-likeness (QED) is 0.937. The molecule has 1 N–H and O–H groups in total. The zero-order chi connectivity index (χ0) is 16.2. The van der Waals surface area contributed by atoms with Crippen LogP contribution in [-0.4, -0.2) is 29.0 Å². The van der Waals surface area contributed by atoms with E-state index in [1.54, 1.807) is 11.0 Å². The SMILES string of the molecule is CCN(Cc1ccccc1)C(=O)c1ccc2c(c1)NC(=O)CS2. The van der Waals surface area contributed by atoms with Crippen molar-refractivity contribution in [2.75, 3.05) is 17.6 Å². The Labute approximate surface area is 139 Å². The Morgan fingerprint density at radius 3 is 2.74 bits per heavy atom. The summed E-state index contributed by atoms with van der Waals surface area (Å²) in [6, 6.07) is 15.4. The lowest BCUT2D eigenvalue weighted by molar-refractivity contribution is -0.113. The first kappa shape index (κ1) is 15.6. The summed E-state index contributed by atoms with van der Waals surface area (Å²) in [6.45, 7) is 3.18. The highest BCUT2D eigenvalue weighted by Gasteiger charge is 2.19. The van der Waals surface area contributed by atoms with E-state index in [0.717, 1.165) is 16.1 Å². The fraction of sp³-hybridized carbons (Fsp3) is 0.222. The van der Waals surface area contributed by atoms with Crippen LogP contribution in [0.1, 0.15) is 22.8 Å². The minimum Gasteiger partial charge on any atom is -0.335 e. The molecule has 2 amide bonds. The molecule has 1 aliphatic rings. The molecule has 23 heavy (non-hydrogen) atoms. The molecule has 0 bridgehead atoms. The summed E-state index contributed by atoms with van der Waals surface area (Å²) in [5, 5.41) is 2.83. The number of amides is 2. The van der Waals surface area contributed by atoms with E-state index in [-0.39, 0.29) is 11.8 Å². The van der Waals surface area contributed by atoms with E-state index < -0.39 is 0 Å². The molecule has 0 saturated heterocycles. The molecule has 0 radical (unpaired) electrons. The van der Waals surface area contributed by atoms with Gasteiger partial charge >= 0.3 is 0 Å². The molecule has 2 aromatic rings. The van der Waals surface area contributed by atoms with E-state index >= 15 is 0 Å². The molecule has 0 aromatic heterocycles. The number of fused-ring (bicyclic) bond motifs is 1. The Hall–Kier alpha value is -2.27. The average molecular weight is 326 g/mol. The maximum atomic E-state index is 12.8. The molecule has 0 spiro atoms. The summed E-state index contributed by atoms with van der Waals surface area (Å²) in [7, 11) is 0. The Morgan fingerprint density at radius 2 is 2.00 bits per heavy atom. The molecule has 1 aliphatic heterocycles. The van der Waals surface area contributed by atoms with E-state index in [0.29, 0.717) is 24.4 Å². The van der Waals surface area contributed by atoms with Crippen molar-refractivity contribution < 1.29 is 9.59 Å². The number of benzene rings is 2. The molecule has 0 aliphatic carbocycles. The summed E-state index contributed by atoms with van der Waals surface area (Å²) < 4.78 is 0. The largest absolute Gasteiger partial charge is 0.335 e. The van der Waals surface area contributed by atoms with Gasteiger partial charge in [-0.25, -0.2) is 0 Å². The monoisotopic (exact) mass is 326 g/mol. The zero-order valence-corrected chi connectivity index (χ0v) is 13.7. The number of anilines is 1. The summed E-state index contributed by atoms with van der Waals surface area (Å²) >= 11 is 1.50. The second kappa shape index (κ2) is 6.87. The molecule has 2 aromatic carbocycles. The number of carbonyl (C=O) groups excluding carboxylic acids is 2. The number of nitrogens with one attached hydrogen (secondary N) is 1. The molecule has 0 fully saturated rings. The lowest BCUT2D eigenvalue weighted by Crippen LogP contribution is -2.30. The van der Waals surface area contributed by atoms with Crippen LogP contribution in [0.5, 0.6) is 0 Å². The standard InChI is InChI=1S/C18H18N2O2S/c1-2-20(11-13-6-4-3-5-7-13)18(22)14-8-9-16-15(10-14)19-17(21)12-23-16/h3-10H,2,11-12H2,1H3,(H,19,21). The van der Waals surface area contributed by atoms with E-state index in [1.165, 1.54) is 11.8 Å². The smallest absolute Gasteiger partial charge is 0.254 e. The van der Waals surface area contributed by atoms with Crippen LogP contribution in [0.25, 0.3) is 0 Å². The van der Waals surface area contributed by atoms with Crippen molar-refractivity contribution in [2.45, 2.75) is 18.4 Å². The van der Waals surface area contributed by atoms with Gasteiger partial charge in [0.15, 0.2) is 0 Å². The number of carbonyl (C=O) groups is 2. The van der Waals surface area contributed by atoms with Crippen molar-refractivity contribution >= 4 is 29.3 Å². The summed E-state index contributed by atoms with van der Waals surface area (Å²) in [6.07, 6.45) is 0. The van der Waals surface area contributed by atoms with Crippen molar-refractivity contribution in [3.8, 4) is 0 Å².